The van der Waals surface area contributed by atoms with E-state index in [1.807, 2.05) is 0 Å². The Hall–Kier alpha value is -1.78. The van der Waals surface area contributed by atoms with Crippen LogP contribution in [-0.2, 0) is 17.9 Å². The van der Waals surface area contributed by atoms with Gasteiger partial charge in [-0.1, -0.05) is 42.0 Å². The molecule has 1 heterocycles. The second kappa shape index (κ2) is 9.79. The molecule has 2 aromatic carbocycles. The highest BCUT2D eigenvalue weighted by atomic mass is 32.2. The van der Waals surface area contributed by atoms with Gasteiger partial charge in [-0.05, 0) is 56.1 Å². The molecule has 3 rings (SSSR count). The molecule has 0 radical (unpaired) electrons. The summed E-state index contributed by atoms with van der Waals surface area (Å²) < 4.78 is 0. The molecule has 0 spiro atoms. The Labute approximate surface area is 161 Å². The van der Waals surface area contributed by atoms with Gasteiger partial charge < -0.3 is 5.32 Å². The maximum atomic E-state index is 12.0. The van der Waals surface area contributed by atoms with Crippen LogP contribution in [-0.4, -0.2) is 29.6 Å². The second-order valence-corrected chi connectivity index (χ2v) is 8.16. The molecule has 138 valence electrons. The molecule has 0 bridgehead atoms. The predicted octanol–water partition coefficient (Wildman–Crippen LogP) is 4.39. The second-order valence-electron chi connectivity index (χ2n) is 6.99. The van der Waals surface area contributed by atoms with Crippen LogP contribution in [0.4, 0.5) is 0 Å². The zero-order chi connectivity index (χ0) is 18.2. The van der Waals surface area contributed by atoms with Gasteiger partial charge in [0.25, 0.3) is 0 Å². The highest BCUT2D eigenvalue weighted by Crippen LogP contribution is 2.19. The van der Waals surface area contributed by atoms with E-state index in [0.717, 1.165) is 17.9 Å². The number of thioether (sulfide) groups is 1. The van der Waals surface area contributed by atoms with Crippen molar-refractivity contribution < 1.29 is 4.79 Å². The molecule has 0 atom stereocenters. The number of nitrogens with zero attached hydrogens (tertiary/aromatic N) is 1. The molecule has 1 aliphatic rings. The number of benzene rings is 2. The van der Waals surface area contributed by atoms with E-state index in [-0.39, 0.29) is 5.91 Å². The van der Waals surface area contributed by atoms with Crippen LogP contribution < -0.4 is 5.32 Å². The molecule has 0 saturated carbocycles. The van der Waals surface area contributed by atoms with Crippen LogP contribution in [0.2, 0.25) is 0 Å². The number of hydrogen-bond acceptors (Lipinski definition) is 3. The average Bonchev–Trinajstić information content (AvgIpc) is 3.16. The van der Waals surface area contributed by atoms with Gasteiger partial charge in [-0.3, -0.25) is 9.69 Å². The van der Waals surface area contributed by atoms with E-state index in [1.165, 1.54) is 42.0 Å². The molecule has 26 heavy (non-hydrogen) atoms. The van der Waals surface area contributed by atoms with Crippen molar-refractivity contribution in [2.24, 2.45) is 0 Å². The molecular weight excluding hydrogens is 340 g/mol. The maximum Gasteiger partial charge on any atom is 0.221 e. The largest absolute Gasteiger partial charge is 0.352 e. The fourth-order valence-corrected chi connectivity index (χ4v) is 4.00. The minimum absolute atomic E-state index is 0.116. The Balaban J connectivity index is 1.35. The SMILES string of the molecule is Cc1ccc(SCCC(=O)NCc2ccc(CN3CCCC3)cc2)cc1. The summed E-state index contributed by atoms with van der Waals surface area (Å²) in [6, 6.07) is 17.1. The van der Waals surface area contributed by atoms with Crippen LogP contribution in [0, 0.1) is 6.92 Å². The van der Waals surface area contributed by atoms with Gasteiger partial charge in [0.15, 0.2) is 0 Å². The van der Waals surface area contributed by atoms with Crippen molar-refractivity contribution in [1.29, 1.82) is 0 Å². The average molecular weight is 369 g/mol. The predicted molar refractivity (Wildman–Crippen MR) is 109 cm³/mol. The summed E-state index contributed by atoms with van der Waals surface area (Å²) in [4.78, 5) is 15.7. The fourth-order valence-electron chi connectivity index (χ4n) is 3.15. The first-order chi connectivity index (χ1) is 12.7. The van der Waals surface area contributed by atoms with E-state index in [9.17, 15) is 4.79 Å². The maximum absolute atomic E-state index is 12.0. The molecule has 1 aliphatic heterocycles. The van der Waals surface area contributed by atoms with E-state index in [0.29, 0.717) is 13.0 Å². The Morgan fingerprint density at radius 3 is 2.35 bits per heavy atom. The highest BCUT2D eigenvalue weighted by molar-refractivity contribution is 7.99. The first-order valence-electron chi connectivity index (χ1n) is 9.45. The number of amides is 1. The first kappa shape index (κ1) is 19.0. The number of aryl methyl sites for hydroxylation is 1. The number of carbonyl (C=O) groups is 1. The van der Waals surface area contributed by atoms with E-state index < -0.39 is 0 Å². The quantitative estimate of drug-likeness (QED) is 0.702. The summed E-state index contributed by atoms with van der Waals surface area (Å²) in [5.41, 5.74) is 3.78. The molecule has 1 N–H and O–H groups in total. The fraction of sp³-hybridized carbons (Fsp3) is 0.409. The topological polar surface area (TPSA) is 32.3 Å². The number of rotatable bonds is 8. The lowest BCUT2D eigenvalue weighted by molar-refractivity contribution is -0.120. The Kier molecular flexibility index (Phi) is 7.15. The molecule has 0 unspecified atom stereocenters. The Morgan fingerprint density at radius 2 is 1.65 bits per heavy atom. The van der Waals surface area contributed by atoms with Gasteiger partial charge in [-0.15, -0.1) is 11.8 Å². The summed E-state index contributed by atoms with van der Waals surface area (Å²) >= 11 is 1.73. The van der Waals surface area contributed by atoms with Gasteiger partial charge in [0.2, 0.25) is 5.91 Å². The van der Waals surface area contributed by atoms with Crippen molar-refractivity contribution in [2.45, 2.75) is 44.2 Å². The third-order valence-electron chi connectivity index (χ3n) is 4.74. The van der Waals surface area contributed by atoms with Gasteiger partial charge in [0, 0.05) is 30.2 Å². The van der Waals surface area contributed by atoms with Crippen molar-refractivity contribution in [3.05, 3.63) is 65.2 Å². The number of likely N-dealkylation sites (tertiary alicyclic amines) is 1. The molecule has 2 aromatic rings. The monoisotopic (exact) mass is 368 g/mol. The van der Waals surface area contributed by atoms with Gasteiger partial charge in [0.1, 0.15) is 0 Å². The van der Waals surface area contributed by atoms with Gasteiger partial charge in [-0.2, -0.15) is 0 Å². The third kappa shape index (κ3) is 6.19. The molecule has 0 aromatic heterocycles. The summed E-state index contributed by atoms with van der Waals surface area (Å²) in [7, 11) is 0. The molecule has 1 fully saturated rings. The lowest BCUT2D eigenvalue weighted by Gasteiger charge is -2.14. The van der Waals surface area contributed by atoms with Crippen molar-refractivity contribution in [3.63, 3.8) is 0 Å². The number of nitrogens with one attached hydrogen (secondary N) is 1. The third-order valence-corrected chi connectivity index (χ3v) is 5.75. The standard InChI is InChI=1S/C22H28N2OS/c1-18-4-10-21(11-5-18)26-15-12-22(25)23-16-19-6-8-20(9-7-19)17-24-13-2-3-14-24/h4-11H,2-3,12-17H2,1H3,(H,23,25). The number of hydrogen-bond donors (Lipinski definition) is 1. The molecular formula is C22H28N2OS. The minimum atomic E-state index is 0.116. The van der Waals surface area contributed by atoms with E-state index in [1.54, 1.807) is 11.8 Å². The molecule has 3 nitrogen and oxygen atoms in total. The van der Waals surface area contributed by atoms with Crippen molar-refractivity contribution >= 4 is 17.7 Å². The van der Waals surface area contributed by atoms with Gasteiger partial charge >= 0.3 is 0 Å². The van der Waals surface area contributed by atoms with E-state index in [4.69, 9.17) is 0 Å². The number of carbonyl (C=O) groups excluding carboxylic acids is 1. The van der Waals surface area contributed by atoms with Crippen LogP contribution in [0.25, 0.3) is 0 Å². The lowest BCUT2D eigenvalue weighted by atomic mass is 10.1. The van der Waals surface area contributed by atoms with Crippen molar-refractivity contribution in [1.82, 2.24) is 10.2 Å². The molecule has 4 heteroatoms. The highest BCUT2D eigenvalue weighted by Gasteiger charge is 2.11. The zero-order valence-electron chi connectivity index (χ0n) is 15.5. The Bertz CT molecular complexity index is 691. The molecule has 1 saturated heterocycles. The summed E-state index contributed by atoms with van der Waals surface area (Å²) in [5, 5.41) is 3.02. The minimum Gasteiger partial charge on any atom is -0.352 e. The molecule has 1 amide bonds. The zero-order valence-corrected chi connectivity index (χ0v) is 16.4. The van der Waals surface area contributed by atoms with E-state index >= 15 is 0 Å². The first-order valence-corrected chi connectivity index (χ1v) is 10.4. The van der Waals surface area contributed by atoms with Crippen LogP contribution in [0.3, 0.4) is 0 Å². The van der Waals surface area contributed by atoms with Gasteiger partial charge in [0.05, 0.1) is 0 Å². The lowest BCUT2D eigenvalue weighted by Crippen LogP contribution is -2.23. The Morgan fingerprint density at radius 1 is 1.00 bits per heavy atom. The summed E-state index contributed by atoms with van der Waals surface area (Å²) in [6.45, 7) is 6.18. The van der Waals surface area contributed by atoms with Crippen molar-refractivity contribution in [3.8, 4) is 0 Å². The van der Waals surface area contributed by atoms with Crippen molar-refractivity contribution in [2.75, 3.05) is 18.8 Å². The van der Waals surface area contributed by atoms with Crippen LogP contribution in [0.5, 0.6) is 0 Å². The smallest absolute Gasteiger partial charge is 0.221 e. The molecule has 0 aliphatic carbocycles. The van der Waals surface area contributed by atoms with Crippen LogP contribution in [0.15, 0.2) is 53.4 Å². The van der Waals surface area contributed by atoms with Crippen LogP contribution >= 0.6 is 11.8 Å². The normalized spacial score (nSPS) is 14.5. The summed E-state index contributed by atoms with van der Waals surface area (Å²) in [5.74, 6) is 0.926. The van der Waals surface area contributed by atoms with Crippen LogP contribution in [0.1, 0.15) is 36.0 Å². The summed E-state index contributed by atoms with van der Waals surface area (Å²) in [6.07, 6.45) is 3.20. The van der Waals surface area contributed by atoms with E-state index in [2.05, 4.69) is 65.7 Å². The van der Waals surface area contributed by atoms with Gasteiger partial charge in [-0.25, -0.2) is 0 Å².